The number of nitrogens with zero attached hydrogens (tertiary/aromatic N) is 2. The number of nitrogens with two attached hydrogens (primary N) is 1. The Labute approximate surface area is 153 Å². The van der Waals surface area contributed by atoms with Gasteiger partial charge in [0.05, 0.1) is 9.79 Å². The van der Waals surface area contributed by atoms with Crippen molar-refractivity contribution in [2.45, 2.75) is 9.79 Å². The third kappa shape index (κ3) is 5.75. The molecule has 13 heteroatoms. The van der Waals surface area contributed by atoms with Gasteiger partial charge in [0.15, 0.2) is 0 Å². The topological polar surface area (TPSA) is 165 Å². The predicted octanol–water partition coefficient (Wildman–Crippen LogP) is -6.54. The molecule has 1 aromatic carbocycles. The summed E-state index contributed by atoms with van der Waals surface area (Å²) in [5, 5.41) is 5.80. The first-order valence-corrected chi connectivity index (χ1v) is 6.65. The molecule has 0 amide bonds. The minimum absolute atomic E-state index is 0. The van der Waals surface area contributed by atoms with Crippen LogP contribution in [0.1, 0.15) is 0 Å². The van der Waals surface area contributed by atoms with Crippen molar-refractivity contribution in [1.29, 1.82) is 0 Å². The molecule has 0 spiro atoms. The van der Waals surface area contributed by atoms with Crippen molar-refractivity contribution in [1.82, 2.24) is 0 Å². The summed E-state index contributed by atoms with van der Waals surface area (Å²) in [6.07, 6.45) is 0. The standard InChI is InChI=1S/C6H7N3O6S2.2Na/c7-9-8-4-2-1-3-5(16(10,11)12)6(4)17(13,14)15;;/h1-3H,(H2,7,8)(H,10,11,12)(H,13,14,15);;/q;2*+1/p-2. The Hall–Kier alpha value is 0.440. The summed E-state index contributed by atoms with van der Waals surface area (Å²) in [6.45, 7) is 0. The van der Waals surface area contributed by atoms with Crippen LogP contribution in [0.15, 0.2) is 38.3 Å². The number of benzene rings is 1. The van der Waals surface area contributed by atoms with E-state index in [2.05, 4.69) is 16.2 Å². The zero-order valence-corrected chi connectivity index (χ0v) is 15.6. The van der Waals surface area contributed by atoms with E-state index < -0.39 is 35.7 Å². The first kappa shape index (κ1) is 21.7. The monoisotopic (exact) mass is 325 g/mol. The van der Waals surface area contributed by atoms with E-state index in [9.17, 15) is 25.9 Å². The van der Waals surface area contributed by atoms with E-state index in [-0.39, 0.29) is 59.1 Å². The summed E-state index contributed by atoms with van der Waals surface area (Å²) in [4.78, 5) is -2.44. The van der Waals surface area contributed by atoms with Crippen LogP contribution in [0.25, 0.3) is 0 Å². The van der Waals surface area contributed by atoms with E-state index in [1.54, 1.807) is 0 Å². The zero-order valence-electron chi connectivity index (χ0n) is 9.97. The number of hydrogen-bond donors (Lipinski definition) is 1. The molecule has 0 unspecified atom stereocenters. The molecule has 1 aromatic rings. The van der Waals surface area contributed by atoms with Crippen molar-refractivity contribution >= 4 is 25.9 Å². The summed E-state index contributed by atoms with van der Waals surface area (Å²) in [5.74, 6) is 4.67. The molecule has 0 aromatic heterocycles. The summed E-state index contributed by atoms with van der Waals surface area (Å²) >= 11 is 0. The fourth-order valence-electron chi connectivity index (χ4n) is 1.09. The molecule has 0 aliphatic rings. The van der Waals surface area contributed by atoms with Gasteiger partial charge in [-0.05, 0) is 12.1 Å². The van der Waals surface area contributed by atoms with Crippen molar-refractivity contribution in [2.75, 3.05) is 0 Å². The number of hydrogen-bond acceptors (Lipinski definition) is 8. The smallest absolute Gasteiger partial charge is 0.744 e. The van der Waals surface area contributed by atoms with Gasteiger partial charge in [-0.3, -0.25) is 0 Å². The molecule has 0 fully saturated rings. The molecule has 9 nitrogen and oxygen atoms in total. The molecule has 94 valence electrons. The van der Waals surface area contributed by atoms with Gasteiger partial charge in [-0.25, -0.2) is 16.8 Å². The van der Waals surface area contributed by atoms with Gasteiger partial charge >= 0.3 is 59.1 Å². The van der Waals surface area contributed by atoms with E-state index >= 15 is 0 Å². The molecule has 0 heterocycles. The first-order chi connectivity index (χ1) is 7.68. The molecule has 19 heavy (non-hydrogen) atoms. The van der Waals surface area contributed by atoms with Gasteiger partial charge in [0, 0.05) is 0 Å². The van der Waals surface area contributed by atoms with Gasteiger partial charge in [0.1, 0.15) is 25.9 Å². The SMILES string of the molecule is NN=Nc1cccc(S(=O)(=O)[O-])c1S(=O)(=O)[O-].[Na+].[Na+]. The van der Waals surface area contributed by atoms with Crippen LogP contribution in [0.2, 0.25) is 0 Å². The molecule has 0 aliphatic carbocycles. The Morgan fingerprint density at radius 1 is 1.00 bits per heavy atom. The zero-order chi connectivity index (χ0) is 13.3. The molecular weight excluding hydrogens is 320 g/mol. The van der Waals surface area contributed by atoms with Gasteiger partial charge in [0.25, 0.3) is 0 Å². The maximum atomic E-state index is 10.9. The summed E-state index contributed by atoms with van der Waals surface area (Å²) in [7, 11) is -10.3. The molecule has 0 bridgehead atoms. The Bertz CT molecular complexity index is 672. The summed E-state index contributed by atoms with van der Waals surface area (Å²) in [6, 6.07) is 2.70. The quantitative estimate of drug-likeness (QED) is 0.190. The third-order valence-electron chi connectivity index (χ3n) is 1.64. The van der Waals surface area contributed by atoms with Crippen LogP contribution in [0.3, 0.4) is 0 Å². The van der Waals surface area contributed by atoms with Crippen LogP contribution >= 0.6 is 0 Å². The maximum absolute atomic E-state index is 10.9. The van der Waals surface area contributed by atoms with Crippen molar-refractivity contribution in [3.63, 3.8) is 0 Å². The van der Waals surface area contributed by atoms with E-state index in [4.69, 9.17) is 0 Å². The van der Waals surface area contributed by atoms with Crippen molar-refractivity contribution in [3.8, 4) is 0 Å². The molecular formula is C6H5N3Na2O6S2. The average Bonchev–Trinajstić information content (AvgIpc) is 2.14. The molecule has 0 saturated carbocycles. The van der Waals surface area contributed by atoms with Gasteiger partial charge < -0.3 is 14.9 Å². The molecule has 2 N–H and O–H groups in total. The Morgan fingerprint density at radius 2 is 1.53 bits per heavy atom. The second-order valence-electron chi connectivity index (χ2n) is 2.73. The summed E-state index contributed by atoms with van der Waals surface area (Å²) in [5.41, 5.74) is -0.612. The van der Waals surface area contributed by atoms with Crippen LogP contribution in [0.4, 0.5) is 5.69 Å². The fourth-order valence-corrected chi connectivity index (χ4v) is 2.96. The molecule has 0 aliphatic heterocycles. The summed E-state index contributed by atoms with van der Waals surface area (Å²) < 4.78 is 65.1. The van der Waals surface area contributed by atoms with Crippen LogP contribution in [-0.2, 0) is 20.2 Å². The second-order valence-corrected chi connectivity index (χ2v) is 5.39. The van der Waals surface area contributed by atoms with Gasteiger partial charge in [-0.1, -0.05) is 11.3 Å². The minimum Gasteiger partial charge on any atom is -0.744 e. The first-order valence-electron chi connectivity index (χ1n) is 3.83. The number of rotatable bonds is 3. The molecule has 0 saturated heterocycles. The third-order valence-corrected chi connectivity index (χ3v) is 3.58. The normalized spacial score (nSPS) is 11.7. The van der Waals surface area contributed by atoms with Gasteiger partial charge in [-0.15, -0.1) is 5.11 Å². The van der Waals surface area contributed by atoms with E-state index in [1.807, 2.05) is 0 Å². The average molecular weight is 325 g/mol. The molecule has 0 atom stereocenters. The van der Waals surface area contributed by atoms with Crippen LogP contribution in [-0.4, -0.2) is 25.9 Å². The minimum atomic E-state index is -5.21. The second kappa shape index (κ2) is 8.02. The molecule has 0 radical (unpaired) electrons. The van der Waals surface area contributed by atoms with Crippen molar-refractivity contribution < 1.29 is 85.1 Å². The van der Waals surface area contributed by atoms with Crippen molar-refractivity contribution in [3.05, 3.63) is 18.2 Å². The molecule has 1 rings (SSSR count). The van der Waals surface area contributed by atoms with Crippen LogP contribution < -0.4 is 65.0 Å². The van der Waals surface area contributed by atoms with Gasteiger partial charge in [0.2, 0.25) is 0 Å². The maximum Gasteiger partial charge on any atom is 1.00 e. The van der Waals surface area contributed by atoms with Crippen molar-refractivity contribution in [2.24, 2.45) is 16.2 Å². The van der Waals surface area contributed by atoms with Crippen LogP contribution in [0.5, 0.6) is 0 Å². The predicted molar refractivity (Wildman–Crippen MR) is 51.1 cm³/mol. The van der Waals surface area contributed by atoms with E-state index in [1.165, 1.54) is 0 Å². The Morgan fingerprint density at radius 3 is 1.89 bits per heavy atom. The van der Waals surface area contributed by atoms with E-state index in [0.29, 0.717) is 6.07 Å². The Kier molecular flexibility index (Phi) is 9.18. The van der Waals surface area contributed by atoms with E-state index in [0.717, 1.165) is 12.1 Å². The fraction of sp³-hybridized carbons (Fsp3) is 0. The van der Waals surface area contributed by atoms with Gasteiger partial charge in [-0.2, -0.15) is 0 Å². The van der Waals surface area contributed by atoms with Crippen LogP contribution in [0, 0.1) is 0 Å². The Balaban J connectivity index is 0. The largest absolute Gasteiger partial charge is 1.00 e.